The first-order valence-electron chi connectivity index (χ1n) is 5.71. The number of hydrogen-bond donors (Lipinski definition) is 2. The number of nitrogen functional groups attached to an aromatic ring is 1. The zero-order chi connectivity index (χ0) is 13.0. The fourth-order valence-electron chi connectivity index (χ4n) is 1.62. The maximum Gasteiger partial charge on any atom is 0.228 e. The third-order valence-corrected chi connectivity index (χ3v) is 2.60. The van der Waals surface area contributed by atoms with Crippen molar-refractivity contribution >= 4 is 17.3 Å². The lowest BCUT2D eigenvalue weighted by Gasteiger charge is -2.07. The number of carbonyl (C=O) groups excluding carboxylic acids is 1. The molecule has 3 N–H and O–H groups in total. The van der Waals surface area contributed by atoms with Gasteiger partial charge in [-0.15, -0.1) is 0 Å². The van der Waals surface area contributed by atoms with Gasteiger partial charge >= 0.3 is 0 Å². The molecule has 0 spiro atoms. The third-order valence-electron chi connectivity index (χ3n) is 2.60. The number of pyridine rings is 1. The number of carbonyl (C=O) groups is 1. The van der Waals surface area contributed by atoms with Gasteiger partial charge in [0.25, 0.3) is 0 Å². The molecule has 0 aliphatic rings. The number of para-hydroxylation sites is 1. The van der Waals surface area contributed by atoms with Crippen LogP contribution in [-0.2, 0) is 11.2 Å². The van der Waals surface area contributed by atoms with Crippen molar-refractivity contribution in [3.8, 4) is 0 Å². The molecule has 4 nitrogen and oxygen atoms in total. The van der Waals surface area contributed by atoms with E-state index in [0.717, 1.165) is 11.3 Å². The van der Waals surface area contributed by atoms with E-state index >= 15 is 0 Å². The summed E-state index contributed by atoms with van der Waals surface area (Å²) in [5.74, 6) is -0.0986. The minimum atomic E-state index is -0.0986. The van der Waals surface area contributed by atoms with Crippen molar-refractivity contribution in [3.05, 3.63) is 53.9 Å². The van der Waals surface area contributed by atoms with Crippen LogP contribution in [0.25, 0.3) is 0 Å². The van der Waals surface area contributed by atoms with Gasteiger partial charge in [-0.25, -0.2) is 0 Å². The molecule has 0 unspecified atom stereocenters. The lowest BCUT2D eigenvalue weighted by atomic mass is 10.1. The first kappa shape index (κ1) is 12.1. The lowest BCUT2D eigenvalue weighted by Crippen LogP contribution is -2.15. The fourth-order valence-corrected chi connectivity index (χ4v) is 1.62. The molecule has 4 heteroatoms. The van der Waals surface area contributed by atoms with Crippen LogP contribution >= 0.6 is 0 Å². The van der Waals surface area contributed by atoms with Crippen molar-refractivity contribution in [3.63, 3.8) is 0 Å². The largest absolute Gasteiger partial charge is 0.398 e. The van der Waals surface area contributed by atoms with Gasteiger partial charge in [-0.1, -0.05) is 18.2 Å². The Labute approximate surface area is 106 Å². The highest BCUT2D eigenvalue weighted by Gasteiger charge is 2.06. The van der Waals surface area contributed by atoms with Crippen LogP contribution < -0.4 is 11.1 Å². The Bertz CT molecular complexity index is 549. The van der Waals surface area contributed by atoms with Gasteiger partial charge < -0.3 is 11.1 Å². The monoisotopic (exact) mass is 241 g/mol. The molecule has 1 aromatic heterocycles. The number of benzene rings is 1. The molecule has 92 valence electrons. The summed E-state index contributed by atoms with van der Waals surface area (Å²) in [7, 11) is 0. The van der Waals surface area contributed by atoms with Crippen LogP contribution in [0, 0.1) is 6.92 Å². The zero-order valence-corrected chi connectivity index (χ0v) is 10.2. The predicted octanol–water partition coefficient (Wildman–Crippen LogP) is 2.15. The molecule has 0 saturated carbocycles. The van der Waals surface area contributed by atoms with Gasteiger partial charge in [0.15, 0.2) is 0 Å². The van der Waals surface area contributed by atoms with E-state index in [1.807, 2.05) is 37.3 Å². The molecule has 0 radical (unpaired) electrons. The van der Waals surface area contributed by atoms with E-state index in [9.17, 15) is 4.79 Å². The summed E-state index contributed by atoms with van der Waals surface area (Å²) in [4.78, 5) is 15.9. The van der Waals surface area contributed by atoms with Gasteiger partial charge in [-0.2, -0.15) is 0 Å². The molecule has 1 aromatic carbocycles. The number of nitrogens with two attached hydrogens (primary N) is 1. The van der Waals surface area contributed by atoms with Crippen LogP contribution in [0.15, 0.2) is 42.6 Å². The molecule has 1 heterocycles. The second kappa shape index (κ2) is 5.31. The minimum absolute atomic E-state index is 0.0986. The van der Waals surface area contributed by atoms with Crippen molar-refractivity contribution in [2.24, 2.45) is 0 Å². The van der Waals surface area contributed by atoms with Crippen LogP contribution in [-0.4, -0.2) is 10.9 Å². The first-order chi connectivity index (χ1) is 8.65. The van der Waals surface area contributed by atoms with Gasteiger partial charge in [-0.05, 0) is 30.7 Å². The third kappa shape index (κ3) is 3.07. The Balaban J connectivity index is 2.01. The molecule has 0 atom stereocenters. The average molecular weight is 241 g/mol. The molecule has 2 aromatic rings. The highest BCUT2D eigenvalue weighted by atomic mass is 16.1. The standard InChI is InChI=1S/C14H15N3O/c1-10-6-7-12(9-16-10)17-14(18)8-11-4-2-3-5-13(11)15/h2-7,9H,8,15H2,1H3,(H,17,18). The number of aromatic nitrogens is 1. The molecule has 0 bridgehead atoms. The minimum Gasteiger partial charge on any atom is -0.398 e. The number of aryl methyl sites for hydroxylation is 1. The number of hydrogen-bond acceptors (Lipinski definition) is 3. The van der Waals surface area contributed by atoms with Gasteiger partial charge in [0.2, 0.25) is 5.91 Å². The van der Waals surface area contributed by atoms with E-state index in [0.29, 0.717) is 11.4 Å². The molecule has 0 aliphatic heterocycles. The van der Waals surface area contributed by atoms with E-state index in [-0.39, 0.29) is 12.3 Å². The molecular formula is C14H15N3O. The second-order valence-corrected chi connectivity index (χ2v) is 4.11. The van der Waals surface area contributed by atoms with Gasteiger partial charge in [0, 0.05) is 11.4 Å². The van der Waals surface area contributed by atoms with E-state index in [1.165, 1.54) is 0 Å². The van der Waals surface area contributed by atoms with Crippen LogP contribution in [0.1, 0.15) is 11.3 Å². The molecule has 2 rings (SSSR count). The summed E-state index contributed by atoms with van der Waals surface area (Å²) in [6, 6.07) is 11.0. The predicted molar refractivity (Wildman–Crippen MR) is 72.2 cm³/mol. The SMILES string of the molecule is Cc1ccc(NC(=O)Cc2ccccc2N)cn1. The Morgan fingerprint density at radius 2 is 2.06 bits per heavy atom. The Hall–Kier alpha value is -2.36. The Morgan fingerprint density at radius 3 is 2.72 bits per heavy atom. The normalized spacial score (nSPS) is 10.1. The van der Waals surface area contributed by atoms with Crippen molar-refractivity contribution in [2.45, 2.75) is 13.3 Å². The zero-order valence-electron chi connectivity index (χ0n) is 10.2. The maximum atomic E-state index is 11.8. The Morgan fingerprint density at radius 1 is 1.28 bits per heavy atom. The van der Waals surface area contributed by atoms with Crippen LogP contribution in [0.2, 0.25) is 0 Å². The summed E-state index contributed by atoms with van der Waals surface area (Å²) in [6.45, 7) is 1.90. The van der Waals surface area contributed by atoms with Crippen molar-refractivity contribution in [2.75, 3.05) is 11.1 Å². The smallest absolute Gasteiger partial charge is 0.228 e. The molecule has 18 heavy (non-hydrogen) atoms. The Kier molecular flexibility index (Phi) is 3.57. The quantitative estimate of drug-likeness (QED) is 0.809. The molecule has 1 amide bonds. The first-order valence-corrected chi connectivity index (χ1v) is 5.71. The summed E-state index contributed by atoms with van der Waals surface area (Å²) in [6.07, 6.45) is 1.90. The summed E-state index contributed by atoms with van der Waals surface area (Å²) < 4.78 is 0. The number of anilines is 2. The lowest BCUT2D eigenvalue weighted by molar-refractivity contribution is -0.115. The summed E-state index contributed by atoms with van der Waals surface area (Å²) >= 11 is 0. The van der Waals surface area contributed by atoms with E-state index in [4.69, 9.17) is 5.73 Å². The molecule has 0 aliphatic carbocycles. The summed E-state index contributed by atoms with van der Waals surface area (Å²) in [5, 5.41) is 2.79. The number of rotatable bonds is 3. The highest BCUT2D eigenvalue weighted by molar-refractivity contribution is 5.92. The maximum absolute atomic E-state index is 11.8. The van der Waals surface area contributed by atoms with E-state index in [2.05, 4.69) is 10.3 Å². The van der Waals surface area contributed by atoms with Gasteiger partial charge in [0.1, 0.15) is 0 Å². The van der Waals surface area contributed by atoms with Crippen LogP contribution in [0.5, 0.6) is 0 Å². The number of amides is 1. The van der Waals surface area contributed by atoms with Gasteiger partial charge in [0.05, 0.1) is 18.3 Å². The molecule has 0 saturated heterocycles. The topological polar surface area (TPSA) is 68.0 Å². The van der Waals surface area contributed by atoms with E-state index in [1.54, 1.807) is 12.3 Å². The molecule has 0 fully saturated rings. The number of nitrogens with one attached hydrogen (secondary N) is 1. The van der Waals surface area contributed by atoms with Crippen molar-refractivity contribution in [1.29, 1.82) is 0 Å². The van der Waals surface area contributed by atoms with Crippen molar-refractivity contribution in [1.82, 2.24) is 4.98 Å². The van der Waals surface area contributed by atoms with Crippen LogP contribution in [0.3, 0.4) is 0 Å². The number of nitrogens with zero attached hydrogens (tertiary/aromatic N) is 1. The van der Waals surface area contributed by atoms with Crippen LogP contribution in [0.4, 0.5) is 11.4 Å². The van der Waals surface area contributed by atoms with Crippen molar-refractivity contribution < 1.29 is 4.79 Å². The van der Waals surface area contributed by atoms with Gasteiger partial charge in [-0.3, -0.25) is 9.78 Å². The molecular weight excluding hydrogens is 226 g/mol. The van der Waals surface area contributed by atoms with E-state index < -0.39 is 0 Å². The fraction of sp³-hybridized carbons (Fsp3) is 0.143. The summed E-state index contributed by atoms with van der Waals surface area (Å²) in [5.41, 5.74) is 8.86. The highest BCUT2D eigenvalue weighted by Crippen LogP contribution is 2.12. The average Bonchev–Trinajstić information content (AvgIpc) is 2.35. The second-order valence-electron chi connectivity index (χ2n) is 4.11.